The molecule has 2 rings (SSSR count). The van der Waals surface area contributed by atoms with Crippen molar-refractivity contribution in [2.75, 3.05) is 11.5 Å². The lowest BCUT2D eigenvalue weighted by Gasteiger charge is -2.11. The molecule has 78 valence electrons. The SMILES string of the molecule is CC(N)c1cc(N)cc2cc(N)ccc12. The predicted octanol–water partition coefficient (Wildman–Crippen LogP) is 2.02. The van der Waals surface area contributed by atoms with Gasteiger partial charge in [0.2, 0.25) is 0 Å². The fourth-order valence-corrected chi connectivity index (χ4v) is 1.82. The third kappa shape index (κ3) is 1.74. The van der Waals surface area contributed by atoms with Crippen molar-refractivity contribution in [3.05, 3.63) is 35.9 Å². The van der Waals surface area contributed by atoms with Gasteiger partial charge in [0.1, 0.15) is 0 Å². The highest BCUT2D eigenvalue weighted by Gasteiger charge is 2.06. The molecule has 0 saturated heterocycles. The summed E-state index contributed by atoms with van der Waals surface area (Å²) in [5.74, 6) is 0. The van der Waals surface area contributed by atoms with Gasteiger partial charge in [0, 0.05) is 17.4 Å². The van der Waals surface area contributed by atoms with Crippen LogP contribution in [0.1, 0.15) is 18.5 Å². The van der Waals surface area contributed by atoms with Gasteiger partial charge in [-0.05, 0) is 47.5 Å². The van der Waals surface area contributed by atoms with Crippen molar-refractivity contribution in [2.45, 2.75) is 13.0 Å². The molecule has 2 aromatic carbocycles. The first-order valence-corrected chi connectivity index (χ1v) is 4.92. The Hall–Kier alpha value is -1.74. The van der Waals surface area contributed by atoms with Crippen LogP contribution in [0.2, 0.25) is 0 Å². The van der Waals surface area contributed by atoms with Gasteiger partial charge in [-0.1, -0.05) is 6.07 Å². The molecule has 3 nitrogen and oxygen atoms in total. The molecule has 0 aliphatic heterocycles. The Morgan fingerprint density at radius 2 is 1.67 bits per heavy atom. The van der Waals surface area contributed by atoms with E-state index < -0.39 is 0 Å². The van der Waals surface area contributed by atoms with Gasteiger partial charge in [-0.15, -0.1) is 0 Å². The van der Waals surface area contributed by atoms with Crippen molar-refractivity contribution in [1.29, 1.82) is 0 Å². The van der Waals surface area contributed by atoms with Gasteiger partial charge >= 0.3 is 0 Å². The predicted molar refractivity (Wildman–Crippen MR) is 65.4 cm³/mol. The zero-order valence-electron chi connectivity index (χ0n) is 8.70. The quantitative estimate of drug-likeness (QED) is 0.618. The first-order chi connectivity index (χ1) is 7.08. The molecule has 0 heterocycles. The number of rotatable bonds is 1. The van der Waals surface area contributed by atoms with Gasteiger partial charge in [0.15, 0.2) is 0 Å². The third-order valence-corrected chi connectivity index (χ3v) is 2.52. The van der Waals surface area contributed by atoms with Crippen molar-refractivity contribution in [3.8, 4) is 0 Å². The van der Waals surface area contributed by atoms with Gasteiger partial charge in [-0.2, -0.15) is 0 Å². The molecule has 0 aromatic heterocycles. The highest BCUT2D eigenvalue weighted by molar-refractivity contribution is 5.91. The lowest BCUT2D eigenvalue weighted by Crippen LogP contribution is -2.06. The zero-order chi connectivity index (χ0) is 11.0. The van der Waals surface area contributed by atoms with E-state index in [1.165, 1.54) is 0 Å². The van der Waals surface area contributed by atoms with E-state index in [1.54, 1.807) is 0 Å². The van der Waals surface area contributed by atoms with Crippen LogP contribution in [0.15, 0.2) is 30.3 Å². The van der Waals surface area contributed by atoms with Crippen LogP contribution in [0.25, 0.3) is 10.8 Å². The van der Waals surface area contributed by atoms with Gasteiger partial charge in [0.05, 0.1) is 0 Å². The Labute approximate surface area is 88.9 Å². The van der Waals surface area contributed by atoms with Gasteiger partial charge < -0.3 is 17.2 Å². The molecule has 6 N–H and O–H groups in total. The van der Waals surface area contributed by atoms with Crippen molar-refractivity contribution in [1.82, 2.24) is 0 Å². The van der Waals surface area contributed by atoms with Crippen LogP contribution in [0, 0.1) is 0 Å². The normalized spacial score (nSPS) is 12.9. The van der Waals surface area contributed by atoms with Crippen LogP contribution in [-0.4, -0.2) is 0 Å². The van der Waals surface area contributed by atoms with Gasteiger partial charge in [0.25, 0.3) is 0 Å². The highest BCUT2D eigenvalue weighted by Crippen LogP contribution is 2.27. The topological polar surface area (TPSA) is 78.1 Å². The number of nitrogen functional groups attached to an aromatic ring is 2. The maximum absolute atomic E-state index is 5.90. The number of hydrogen-bond donors (Lipinski definition) is 3. The molecule has 0 radical (unpaired) electrons. The molecular weight excluding hydrogens is 186 g/mol. The molecule has 2 aromatic rings. The fraction of sp³-hybridized carbons (Fsp3) is 0.167. The molecule has 0 fully saturated rings. The minimum atomic E-state index is -0.0281. The van der Waals surface area contributed by atoms with E-state index in [4.69, 9.17) is 17.2 Å². The zero-order valence-corrected chi connectivity index (χ0v) is 8.70. The van der Waals surface area contributed by atoms with E-state index in [-0.39, 0.29) is 6.04 Å². The number of anilines is 2. The molecule has 0 bridgehead atoms. The average molecular weight is 201 g/mol. The van der Waals surface area contributed by atoms with Crippen LogP contribution in [0.3, 0.4) is 0 Å². The first kappa shape index (κ1) is 9.80. The number of nitrogens with two attached hydrogens (primary N) is 3. The molecular formula is C12H15N3. The Morgan fingerprint density at radius 1 is 1.00 bits per heavy atom. The molecule has 15 heavy (non-hydrogen) atoms. The summed E-state index contributed by atoms with van der Waals surface area (Å²) in [6, 6.07) is 9.59. The van der Waals surface area contributed by atoms with E-state index in [0.29, 0.717) is 0 Å². The van der Waals surface area contributed by atoms with E-state index in [1.807, 2.05) is 37.3 Å². The molecule has 0 saturated carbocycles. The summed E-state index contributed by atoms with van der Waals surface area (Å²) in [5.41, 5.74) is 20.0. The minimum Gasteiger partial charge on any atom is -0.399 e. The second-order valence-corrected chi connectivity index (χ2v) is 3.88. The largest absolute Gasteiger partial charge is 0.399 e. The molecule has 0 aliphatic carbocycles. The molecule has 1 unspecified atom stereocenters. The van der Waals surface area contributed by atoms with Crippen molar-refractivity contribution in [3.63, 3.8) is 0 Å². The first-order valence-electron chi connectivity index (χ1n) is 4.92. The summed E-state index contributed by atoms with van der Waals surface area (Å²) >= 11 is 0. The smallest absolute Gasteiger partial charge is 0.0323 e. The Kier molecular flexibility index (Phi) is 2.25. The molecule has 3 heteroatoms. The summed E-state index contributed by atoms with van der Waals surface area (Å²) in [4.78, 5) is 0. The molecule has 0 aliphatic rings. The molecule has 0 amide bonds. The molecule has 1 atom stereocenters. The Balaban J connectivity index is 2.80. The average Bonchev–Trinajstić information content (AvgIpc) is 2.15. The highest BCUT2D eigenvalue weighted by atomic mass is 14.6. The summed E-state index contributed by atoms with van der Waals surface area (Å²) < 4.78 is 0. The van der Waals surface area contributed by atoms with Crippen LogP contribution in [0.4, 0.5) is 11.4 Å². The van der Waals surface area contributed by atoms with Crippen molar-refractivity contribution < 1.29 is 0 Å². The van der Waals surface area contributed by atoms with Crippen LogP contribution in [0.5, 0.6) is 0 Å². The van der Waals surface area contributed by atoms with Gasteiger partial charge in [-0.25, -0.2) is 0 Å². The fourth-order valence-electron chi connectivity index (χ4n) is 1.82. The van der Waals surface area contributed by atoms with E-state index in [0.717, 1.165) is 27.7 Å². The number of hydrogen-bond acceptors (Lipinski definition) is 3. The van der Waals surface area contributed by atoms with Crippen LogP contribution >= 0.6 is 0 Å². The summed E-state index contributed by atoms with van der Waals surface area (Å²) in [7, 11) is 0. The minimum absolute atomic E-state index is 0.0281. The van der Waals surface area contributed by atoms with Crippen LogP contribution in [-0.2, 0) is 0 Å². The van der Waals surface area contributed by atoms with Crippen molar-refractivity contribution >= 4 is 22.1 Å². The number of benzene rings is 2. The number of fused-ring (bicyclic) bond motifs is 1. The third-order valence-electron chi connectivity index (χ3n) is 2.52. The summed E-state index contributed by atoms with van der Waals surface area (Å²) in [6.07, 6.45) is 0. The maximum atomic E-state index is 5.90. The lowest BCUT2D eigenvalue weighted by atomic mass is 9.99. The lowest BCUT2D eigenvalue weighted by molar-refractivity contribution is 0.827. The standard InChI is InChI=1S/C12H15N3/c1-7(13)12-6-10(15)5-8-4-9(14)2-3-11(8)12/h2-7H,13-15H2,1H3. The van der Waals surface area contributed by atoms with Crippen LogP contribution < -0.4 is 17.2 Å². The van der Waals surface area contributed by atoms with E-state index >= 15 is 0 Å². The van der Waals surface area contributed by atoms with E-state index in [2.05, 4.69) is 0 Å². The summed E-state index contributed by atoms with van der Waals surface area (Å²) in [6.45, 7) is 1.95. The second-order valence-electron chi connectivity index (χ2n) is 3.88. The summed E-state index contributed by atoms with van der Waals surface area (Å²) in [5, 5.41) is 2.16. The Morgan fingerprint density at radius 3 is 2.33 bits per heavy atom. The van der Waals surface area contributed by atoms with Gasteiger partial charge in [-0.3, -0.25) is 0 Å². The Bertz CT molecular complexity index is 498. The van der Waals surface area contributed by atoms with E-state index in [9.17, 15) is 0 Å². The monoisotopic (exact) mass is 201 g/mol. The maximum Gasteiger partial charge on any atom is 0.0323 e. The van der Waals surface area contributed by atoms with Crippen molar-refractivity contribution in [2.24, 2.45) is 5.73 Å². The second kappa shape index (κ2) is 3.44. The molecule has 0 spiro atoms.